The minimum absolute atomic E-state index is 0.0489. The van der Waals surface area contributed by atoms with E-state index < -0.39 is 15.4 Å². The van der Waals surface area contributed by atoms with Gasteiger partial charge in [0.1, 0.15) is 5.78 Å². The van der Waals surface area contributed by atoms with Crippen LogP contribution >= 0.6 is 0 Å². The smallest absolute Gasteiger partial charge is 0.227 e. The number of rotatable bonds is 8. The number of nitrogens with one attached hydrogen (secondary N) is 2. The van der Waals surface area contributed by atoms with Crippen molar-refractivity contribution in [2.75, 3.05) is 29.5 Å². The third-order valence-electron chi connectivity index (χ3n) is 12.0. The summed E-state index contributed by atoms with van der Waals surface area (Å²) in [4.78, 5) is 27.7. The second-order valence-electron chi connectivity index (χ2n) is 14.7. The molecular weight excluding hydrogens is 564 g/mol. The zero-order valence-electron chi connectivity index (χ0n) is 25.7. The van der Waals surface area contributed by atoms with Crippen molar-refractivity contribution in [1.82, 2.24) is 23.8 Å². The van der Waals surface area contributed by atoms with E-state index in [2.05, 4.69) is 29.0 Å². The Morgan fingerprint density at radius 2 is 1.65 bits per heavy atom. The summed E-state index contributed by atoms with van der Waals surface area (Å²) in [7, 11) is -3.55. The maximum absolute atomic E-state index is 13.7. The fourth-order valence-electron chi connectivity index (χ4n) is 8.96. The standard InChI is InChI=1S/C31H48N8O3S/c1-30(2)20-11-14-31(30,25(40)17-20)18-43(41,42)38-15-12-23(13-16-38)34-27-26-28(39(19-33-26)24-5-3-4-6-24)37-29(36-27)35-22-9-7-21(32)8-10-22/h19-24H,3-18,32H2,1-2H3,(H2,34,35,36,37). The lowest BCUT2D eigenvalue weighted by molar-refractivity contribution is -0.128. The first-order valence-electron chi connectivity index (χ1n) is 16.6. The number of Topliss-reactive ketones (excluding diaryl/α,β-unsaturated/α-hetero) is 1. The molecule has 12 heteroatoms. The molecular formula is C31H48N8O3S. The van der Waals surface area contributed by atoms with Gasteiger partial charge in [0.2, 0.25) is 16.0 Å². The van der Waals surface area contributed by atoms with Crippen LogP contribution in [0.25, 0.3) is 11.2 Å². The number of ketones is 1. The van der Waals surface area contributed by atoms with Crippen molar-refractivity contribution < 1.29 is 13.2 Å². The van der Waals surface area contributed by atoms with E-state index in [1.165, 1.54) is 12.8 Å². The van der Waals surface area contributed by atoms with Crippen LogP contribution in [0.15, 0.2) is 6.33 Å². The number of sulfonamides is 1. The summed E-state index contributed by atoms with van der Waals surface area (Å²) in [6.45, 7) is 5.08. The molecule has 2 unspecified atom stereocenters. The number of hydrogen-bond acceptors (Lipinski definition) is 9. The molecule has 7 rings (SSSR count). The number of carbonyl (C=O) groups excluding carboxylic acids is 1. The highest BCUT2D eigenvalue weighted by molar-refractivity contribution is 7.89. The van der Waals surface area contributed by atoms with Gasteiger partial charge in [0, 0.05) is 49.1 Å². The monoisotopic (exact) mass is 612 g/mol. The Morgan fingerprint density at radius 3 is 2.30 bits per heavy atom. The third-order valence-corrected chi connectivity index (χ3v) is 14.0. The molecule has 11 nitrogen and oxygen atoms in total. The SMILES string of the molecule is CC1(C)C2CCC1(CS(=O)(=O)N1CCC(Nc3nc(NC4CCC(N)CC4)nc4c3ncn4C3CCCC3)CC1)C(=O)C2. The van der Waals surface area contributed by atoms with Crippen LogP contribution in [-0.4, -0.2) is 75.0 Å². The average Bonchev–Trinajstić information content (AvgIpc) is 3.73. The molecule has 2 atom stereocenters. The Bertz CT molecular complexity index is 1470. The van der Waals surface area contributed by atoms with Crippen LogP contribution in [0.3, 0.4) is 0 Å². The molecule has 2 aromatic heterocycles. The Hall–Kier alpha value is -2.31. The van der Waals surface area contributed by atoms with E-state index in [9.17, 15) is 13.2 Å². The average molecular weight is 613 g/mol. The zero-order valence-corrected chi connectivity index (χ0v) is 26.5. The Balaban J connectivity index is 1.07. The molecule has 2 aromatic rings. The Kier molecular flexibility index (Phi) is 7.48. The molecule has 1 saturated heterocycles. The maximum atomic E-state index is 13.7. The molecule has 1 aliphatic heterocycles. The molecule has 2 bridgehead atoms. The molecule has 0 radical (unpaired) electrons. The summed E-state index contributed by atoms with van der Waals surface area (Å²) in [5, 5.41) is 7.23. The number of anilines is 2. The number of piperidine rings is 1. The van der Waals surface area contributed by atoms with Gasteiger partial charge in [-0.15, -0.1) is 0 Å². The summed E-state index contributed by atoms with van der Waals surface area (Å²) in [6, 6.07) is 1.05. The molecule has 3 heterocycles. The minimum Gasteiger partial charge on any atom is -0.365 e. The molecule has 0 aromatic carbocycles. The van der Waals surface area contributed by atoms with Gasteiger partial charge in [-0.1, -0.05) is 26.7 Å². The molecule has 4 aliphatic carbocycles. The molecule has 43 heavy (non-hydrogen) atoms. The van der Waals surface area contributed by atoms with Gasteiger partial charge < -0.3 is 20.9 Å². The number of imidazole rings is 1. The Morgan fingerprint density at radius 1 is 0.953 bits per heavy atom. The van der Waals surface area contributed by atoms with Crippen LogP contribution in [0.4, 0.5) is 11.8 Å². The second-order valence-corrected chi connectivity index (χ2v) is 16.6. The normalized spacial score (nSPS) is 32.2. The zero-order chi connectivity index (χ0) is 30.0. The van der Waals surface area contributed by atoms with Crippen LogP contribution in [-0.2, 0) is 14.8 Å². The highest BCUT2D eigenvalue weighted by Crippen LogP contribution is 2.64. The van der Waals surface area contributed by atoms with Gasteiger partial charge in [-0.05, 0) is 75.5 Å². The molecule has 0 amide bonds. The number of nitrogens with zero attached hydrogens (tertiary/aromatic N) is 5. The highest BCUT2D eigenvalue weighted by atomic mass is 32.2. The van der Waals surface area contributed by atoms with Crippen molar-refractivity contribution in [3.8, 4) is 0 Å². The quantitative estimate of drug-likeness (QED) is 0.398. The number of carbonyl (C=O) groups is 1. The number of fused-ring (bicyclic) bond motifs is 3. The van der Waals surface area contributed by atoms with Crippen LogP contribution in [0.5, 0.6) is 0 Å². The van der Waals surface area contributed by atoms with E-state index in [0.717, 1.165) is 56.1 Å². The molecule has 5 aliphatic rings. The van der Waals surface area contributed by atoms with Crippen molar-refractivity contribution in [3.63, 3.8) is 0 Å². The predicted octanol–water partition coefficient (Wildman–Crippen LogP) is 4.22. The van der Waals surface area contributed by atoms with E-state index in [4.69, 9.17) is 20.7 Å². The van der Waals surface area contributed by atoms with Crippen molar-refractivity contribution in [3.05, 3.63) is 6.33 Å². The second kappa shape index (κ2) is 10.9. The van der Waals surface area contributed by atoms with Crippen LogP contribution < -0.4 is 16.4 Å². The van der Waals surface area contributed by atoms with Crippen LogP contribution in [0.2, 0.25) is 0 Å². The highest BCUT2D eigenvalue weighted by Gasteiger charge is 2.65. The minimum atomic E-state index is -3.55. The lowest BCUT2D eigenvalue weighted by atomic mass is 9.70. The van der Waals surface area contributed by atoms with E-state index in [1.54, 1.807) is 4.31 Å². The van der Waals surface area contributed by atoms with E-state index in [-0.39, 0.29) is 29.0 Å². The fourth-order valence-corrected chi connectivity index (χ4v) is 11.2. The fraction of sp³-hybridized carbons (Fsp3) is 0.806. The third kappa shape index (κ3) is 5.14. The van der Waals surface area contributed by atoms with Gasteiger partial charge >= 0.3 is 0 Å². The van der Waals surface area contributed by atoms with Gasteiger partial charge in [0.25, 0.3) is 0 Å². The lowest BCUT2D eigenvalue weighted by Gasteiger charge is -2.39. The summed E-state index contributed by atoms with van der Waals surface area (Å²) in [6.07, 6.45) is 14.2. The Labute approximate surface area is 255 Å². The first kappa shape index (κ1) is 29.4. The molecule has 5 fully saturated rings. The first-order valence-corrected chi connectivity index (χ1v) is 18.2. The summed E-state index contributed by atoms with van der Waals surface area (Å²) < 4.78 is 31.2. The van der Waals surface area contributed by atoms with Crippen molar-refractivity contribution in [1.29, 1.82) is 0 Å². The van der Waals surface area contributed by atoms with Gasteiger partial charge in [-0.25, -0.2) is 17.7 Å². The largest absolute Gasteiger partial charge is 0.365 e. The number of nitrogens with two attached hydrogens (primary N) is 1. The van der Waals surface area contributed by atoms with Crippen molar-refractivity contribution >= 4 is 38.7 Å². The summed E-state index contributed by atoms with van der Waals surface area (Å²) in [5.74, 6) is 1.74. The molecule has 4 saturated carbocycles. The summed E-state index contributed by atoms with van der Waals surface area (Å²) in [5.41, 5.74) is 6.78. The van der Waals surface area contributed by atoms with E-state index >= 15 is 0 Å². The maximum Gasteiger partial charge on any atom is 0.227 e. The summed E-state index contributed by atoms with van der Waals surface area (Å²) >= 11 is 0. The predicted molar refractivity (Wildman–Crippen MR) is 167 cm³/mol. The van der Waals surface area contributed by atoms with Crippen LogP contribution in [0.1, 0.15) is 103 Å². The molecule has 236 valence electrons. The molecule has 0 spiro atoms. The van der Waals surface area contributed by atoms with Gasteiger partial charge in [0.05, 0.1) is 12.1 Å². The van der Waals surface area contributed by atoms with E-state index in [1.807, 2.05) is 6.33 Å². The number of hydrogen-bond donors (Lipinski definition) is 3. The first-order chi connectivity index (χ1) is 20.6. The van der Waals surface area contributed by atoms with Gasteiger partial charge in [-0.3, -0.25) is 4.79 Å². The van der Waals surface area contributed by atoms with Crippen molar-refractivity contribution in [2.24, 2.45) is 22.5 Å². The molecule has 4 N–H and O–H groups in total. The number of aromatic nitrogens is 4. The van der Waals surface area contributed by atoms with Crippen LogP contribution in [0, 0.1) is 16.7 Å². The van der Waals surface area contributed by atoms with Crippen molar-refractivity contribution in [2.45, 2.75) is 121 Å². The van der Waals surface area contributed by atoms with Gasteiger partial charge in [0.15, 0.2) is 17.0 Å². The van der Waals surface area contributed by atoms with Gasteiger partial charge in [-0.2, -0.15) is 9.97 Å². The lowest BCUT2D eigenvalue weighted by Crippen LogP contribution is -2.49. The topological polar surface area (TPSA) is 148 Å². The van der Waals surface area contributed by atoms with E-state index in [0.29, 0.717) is 68.5 Å².